The van der Waals surface area contributed by atoms with Crippen molar-refractivity contribution in [2.75, 3.05) is 20.4 Å². The number of thioether (sulfide) groups is 1. The largest absolute Gasteiger partial charge is 0.416 e. The lowest BCUT2D eigenvalue weighted by atomic mass is 10.5. The average Bonchev–Trinajstić information content (AvgIpc) is 2.47. The Balaban J connectivity index is 2.72. The maximum absolute atomic E-state index is 11.3. The molecule has 0 spiro atoms. The fourth-order valence-electron chi connectivity index (χ4n) is 1.00. The van der Waals surface area contributed by atoms with Crippen LogP contribution in [-0.4, -0.2) is 41.1 Å². The Kier molecular flexibility index (Phi) is 4.02. The van der Waals surface area contributed by atoms with E-state index in [2.05, 4.69) is 5.10 Å². The quantitative estimate of drug-likeness (QED) is 0.785. The third-order valence-corrected chi connectivity index (χ3v) is 2.32. The number of carbonyl (C=O) groups is 1. The summed E-state index contributed by atoms with van der Waals surface area (Å²) >= 11 is 1.68. The van der Waals surface area contributed by atoms with E-state index in [0.29, 0.717) is 5.88 Å². The first-order valence-electron chi connectivity index (χ1n) is 4.45. The minimum Gasteiger partial charge on any atom is -0.391 e. The molecule has 0 unspecified atom stereocenters. The number of nitrogens with zero attached hydrogens (tertiary/aromatic N) is 3. The van der Waals surface area contributed by atoms with Gasteiger partial charge in [-0.1, -0.05) is 0 Å². The van der Waals surface area contributed by atoms with Gasteiger partial charge in [-0.25, -0.2) is 9.48 Å². The van der Waals surface area contributed by atoms with Gasteiger partial charge in [-0.2, -0.15) is 16.9 Å². The van der Waals surface area contributed by atoms with Gasteiger partial charge in [0.1, 0.15) is 0 Å². The number of amides is 1. The number of hydrogen-bond acceptors (Lipinski definition) is 4. The smallest absolute Gasteiger partial charge is 0.391 e. The van der Waals surface area contributed by atoms with Gasteiger partial charge in [0.15, 0.2) is 0 Å². The van der Waals surface area contributed by atoms with E-state index in [-0.39, 0.29) is 0 Å². The lowest BCUT2D eigenvalue weighted by Gasteiger charge is -2.09. The third kappa shape index (κ3) is 3.16. The molecule has 0 atom stereocenters. The van der Waals surface area contributed by atoms with Gasteiger partial charge in [0.05, 0.1) is 5.69 Å². The van der Waals surface area contributed by atoms with Crippen LogP contribution in [0.5, 0.6) is 5.88 Å². The molecule has 0 aliphatic rings. The molecule has 0 fully saturated rings. The summed E-state index contributed by atoms with van der Waals surface area (Å²) < 4.78 is 6.67. The zero-order valence-electron chi connectivity index (χ0n) is 9.35. The Labute approximate surface area is 93.4 Å². The normalized spacial score (nSPS) is 10.1. The zero-order chi connectivity index (χ0) is 11.4. The Morgan fingerprint density at radius 3 is 2.87 bits per heavy atom. The van der Waals surface area contributed by atoms with E-state index in [9.17, 15) is 4.79 Å². The van der Waals surface area contributed by atoms with Crippen LogP contribution in [0.4, 0.5) is 4.79 Å². The second kappa shape index (κ2) is 5.06. The highest BCUT2D eigenvalue weighted by atomic mass is 32.2. The summed E-state index contributed by atoms with van der Waals surface area (Å²) in [7, 11) is 5.03. The van der Waals surface area contributed by atoms with E-state index < -0.39 is 6.09 Å². The van der Waals surface area contributed by atoms with Gasteiger partial charge in [0, 0.05) is 33.0 Å². The minimum atomic E-state index is -0.395. The molecule has 0 aliphatic heterocycles. The van der Waals surface area contributed by atoms with Crippen molar-refractivity contribution in [2.24, 2.45) is 7.05 Å². The first kappa shape index (κ1) is 11.9. The summed E-state index contributed by atoms with van der Waals surface area (Å²) in [4.78, 5) is 12.7. The van der Waals surface area contributed by atoms with E-state index in [1.807, 2.05) is 6.26 Å². The highest BCUT2D eigenvalue weighted by molar-refractivity contribution is 7.97. The fraction of sp³-hybridized carbons (Fsp3) is 0.556. The van der Waals surface area contributed by atoms with Crippen LogP contribution in [0.1, 0.15) is 5.69 Å². The fourth-order valence-corrected chi connectivity index (χ4v) is 1.44. The molecule has 0 bridgehead atoms. The first-order valence-corrected chi connectivity index (χ1v) is 5.85. The van der Waals surface area contributed by atoms with Gasteiger partial charge >= 0.3 is 6.09 Å². The topological polar surface area (TPSA) is 47.4 Å². The Bertz CT molecular complexity index is 349. The van der Waals surface area contributed by atoms with Crippen LogP contribution >= 0.6 is 11.8 Å². The highest BCUT2D eigenvalue weighted by Gasteiger charge is 2.11. The molecule has 1 rings (SSSR count). The molecular weight excluding hydrogens is 214 g/mol. The van der Waals surface area contributed by atoms with Crippen molar-refractivity contribution in [3.63, 3.8) is 0 Å². The van der Waals surface area contributed by atoms with Crippen LogP contribution in [-0.2, 0) is 12.8 Å². The minimum absolute atomic E-state index is 0.395. The predicted octanol–water partition coefficient (Wildman–Crippen LogP) is 1.34. The second-order valence-corrected chi connectivity index (χ2v) is 4.16. The maximum atomic E-state index is 11.3. The summed E-state index contributed by atoms with van der Waals surface area (Å²) in [6, 6.07) is 1.78. The molecule has 0 N–H and O–H groups in total. The van der Waals surface area contributed by atoms with Crippen molar-refractivity contribution in [3.05, 3.63) is 11.8 Å². The molecule has 1 aromatic rings. The van der Waals surface area contributed by atoms with E-state index in [4.69, 9.17) is 4.74 Å². The molecule has 84 valence electrons. The van der Waals surface area contributed by atoms with Crippen molar-refractivity contribution in [3.8, 4) is 5.88 Å². The van der Waals surface area contributed by atoms with Gasteiger partial charge < -0.3 is 9.64 Å². The Hall–Kier alpha value is -1.17. The third-order valence-electron chi connectivity index (χ3n) is 1.74. The van der Waals surface area contributed by atoms with Gasteiger partial charge in [-0.3, -0.25) is 0 Å². The predicted molar refractivity (Wildman–Crippen MR) is 60.1 cm³/mol. The molecule has 0 aromatic carbocycles. The van der Waals surface area contributed by atoms with Crippen LogP contribution in [0.25, 0.3) is 0 Å². The van der Waals surface area contributed by atoms with Gasteiger partial charge in [-0.15, -0.1) is 0 Å². The van der Waals surface area contributed by atoms with E-state index in [0.717, 1.165) is 11.4 Å². The second-order valence-electron chi connectivity index (χ2n) is 3.29. The number of carbonyl (C=O) groups excluding carboxylic acids is 1. The summed E-state index contributed by atoms with van der Waals surface area (Å²) in [5, 5.41) is 4.21. The van der Waals surface area contributed by atoms with Crippen LogP contribution in [0.3, 0.4) is 0 Å². The zero-order valence-corrected chi connectivity index (χ0v) is 10.2. The number of aryl methyl sites for hydroxylation is 1. The Morgan fingerprint density at radius 1 is 1.67 bits per heavy atom. The van der Waals surface area contributed by atoms with Gasteiger partial charge in [0.2, 0.25) is 5.88 Å². The molecular formula is C9H15N3O2S. The van der Waals surface area contributed by atoms with Crippen LogP contribution in [0, 0.1) is 0 Å². The van der Waals surface area contributed by atoms with Crippen LogP contribution < -0.4 is 4.74 Å². The number of rotatable bonds is 3. The maximum Gasteiger partial charge on any atom is 0.416 e. The molecule has 5 nitrogen and oxygen atoms in total. The molecule has 15 heavy (non-hydrogen) atoms. The molecule has 0 saturated carbocycles. The summed E-state index contributed by atoms with van der Waals surface area (Å²) in [5.41, 5.74) is 0.909. The summed E-state index contributed by atoms with van der Waals surface area (Å²) in [6.45, 7) is 0. The van der Waals surface area contributed by atoms with Crippen molar-refractivity contribution in [2.45, 2.75) is 5.75 Å². The molecule has 6 heteroatoms. The molecule has 0 radical (unpaired) electrons. The lowest BCUT2D eigenvalue weighted by molar-refractivity contribution is 0.168. The van der Waals surface area contributed by atoms with Crippen molar-refractivity contribution < 1.29 is 9.53 Å². The SMILES string of the molecule is CSCc1cc(OC(=O)N(C)C)n(C)n1. The van der Waals surface area contributed by atoms with Crippen molar-refractivity contribution in [1.82, 2.24) is 14.7 Å². The molecule has 0 saturated heterocycles. The van der Waals surface area contributed by atoms with E-state index >= 15 is 0 Å². The molecule has 1 aromatic heterocycles. The number of aromatic nitrogens is 2. The molecule has 0 aliphatic carbocycles. The van der Waals surface area contributed by atoms with E-state index in [1.165, 1.54) is 4.90 Å². The average molecular weight is 229 g/mol. The molecule has 1 amide bonds. The van der Waals surface area contributed by atoms with E-state index in [1.54, 1.807) is 43.7 Å². The van der Waals surface area contributed by atoms with Crippen molar-refractivity contribution >= 4 is 17.9 Å². The lowest BCUT2D eigenvalue weighted by Crippen LogP contribution is -2.26. The van der Waals surface area contributed by atoms with Gasteiger partial charge in [-0.05, 0) is 6.26 Å². The monoisotopic (exact) mass is 229 g/mol. The van der Waals surface area contributed by atoms with Gasteiger partial charge in [0.25, 0.3) is 0 Å². The summed E-state index contributed by atoms with van der Waals surface area (Å²) in [5.74, 6) is 1.28. The Morgan fingerprint density at radius 2 is 2.33 bits per heavy atom. The highest BCUT2D eigenvalue weighted by Crippen LogP contribution is 2.16. The number of ether oxygens (including phenoxy) is 1. The molecule has 1 heterocycles. The van der Waals surface area contributed by atoms with Crippen LogP contribution in [0.15, 0.2) is 6.07 Å². The van der Waals surface area contributed by atoms with Crippen LogP contribution in [0.2, 0.25) is 0 Å². The first-order chi connectivity index (χ1) is 7.04. The van der Waals surface area contributed by atoms with Crippen molar-refractivity contribution in [1.29, 1.82) is 0 Å². The summed E-state index contributed by atoms with van der Waals surface area (Å²) in [6.07, 6.45) is 1.61. The number of hydrogen-bond donors (Lipinski definition) is 0. The standard InChI is InChI=1S/C9H15N3O2S/c1-11(2)9(13)14-8-5-7(6-15-4)10-12(8)3/h5H,6H2,1-4H3.